The van der Waals surface area contributed by atoms with Crippen LogP contribution in [-0.4, -0.2) is 21.5 Å². The number of hydrogen-bond donors (Lipinski definition) is 1. The van der Waals surface area contributed by atoms with Crippen LogP contribution in [0.2, 0.25) is 5.02 Å². The summed E-state index contributed by atoms with van der Waals surface area (Å²) in [5.74, 6) is -0.553. The van der Waals surface area contributed by atoms with Gasteiger partial charge in [-0.3, -0.25) is 4.72 Å². The molecule has 0 amide bonds. The zero-order valence-electron chi connectivity index (χ0n) is 11.3. The van der Waals surface area contributed by atoms with E-state index in [0.717, 1.165) is 0 Å². The summed E-state index contributed by atoms with van der Waals surface area (Å²) >= 11 is 9.17. The number of anilines is 1. The number of sulfonamides is 1. The molecule has 5 nitrogen and oxygen atoms in total. The third-order valence-electron chi connectivity index (χ3n) is 2.72. The highest BCUT2D eigenvalue weighted by atomic mass is 79.9. The first-order chi connectivity index (χ1) is 10.3. The fraction of sp³-hybridized carbons (Fsp3) is 0.0714. The van der Waals surface area contributed by atoms with Crippen LogP contribution in [-0.2, 0) is 14.8 Å². The van der Waals surface area contributed by atoms with Crippen LogP contribution in [0.4, 0.5) is 5.69 Å². The van der Waals surface area contributed by atoms with E-state index < -0.39 is 16.0 Å². The largest absolute Gasteiger partial charge is 0.465 e. The molecule has 0 heterocycles. The van der Waals surface area contributed by atoms with Crippen LogP contribution in [0.5, 0.6) is 0 Å². The Balaban J connectivity index is 2.35. The first kappa shape index (κ1) is 16.8. The van der Waals surface area contributed by atoms with Crippen molar-refractivity contribution in [3.8, 4) is 0 Å². The van der Waals surface area contributed by atoms with E-state index in [9.17, 15) is 13.2 Å². The average Bonchev–Trinajstić information content (AvgIpc) is 2.45. The Morgan fingerprint density at radius 3 is 2.59 bits per heavy atom. The van der Waals surface area contributed by atoms with Gasteiger partial charge in [-0.2, -0.15) is 0 Å². The molecule has 1 N–H and O–H groups in total. The number of hydrogen-bond acceptors (Lipinski definition) is 4. The molecule has 2 rings (SSSR count). The Kier molecular flexibility index (Phi) is 5.10. The Morgan fingerprint density at radius 2 is 1.95 bits per heavy atom. The molecule has 22 heavy (non-hydrogen) atoms. The first-order valence-electron chi connectivity index (χ1n) is 6.00. The van der Waals surface area contributed by atoms with Gasteiger partial charge in [0.2, 0.25) is 0 Å². The minimum Gasteiger partial charge on any atom is -0.465 e. The van der Waals surface area contributed by atoms with Crippen molar-refractivity contribution >= 4 is 49.2 Å². The van der Waals surface area contributed by atoms with Crippen molar-refractivity contribution in [3.05, 3.63) is 57.5 Å². The highest BCUT2D eigenvalue weighted by Crippen LogP contribution is 2.27. The fourth-order valence-electron chi connectivity index (χ4n) is 1.73. The van der Waals surface area contributed by atoms with Crippen molar-refractivity contribution in [2.24, 2.45) is 0 Å². The summed E-state index contributed by atoms with van der Waals surface area (Å²) in [4.78, 5) is 11.4. The number of methoxy groups -OCH3 is 1. The number of rotatable bonds is 4. The van der Waals surface area contributed by atoms with E-state index in [2.05, 4.69) is 25.4 Å². The highest BCUT2D eigenvalue weighted by Gasteiger charge is 2.18. The molecule has 2 aromatic rings. The second-order valence-electron chi connectivity index (χ2n) is 4.25. The standard InChI is InChI=1S/C14H11BrClNO4S/c1-21-14(18)9-3-2-4-11(7-9)17-22(19,20)13-6-5-10(15)8-12(13)16/h2-8,17H,1H3. The van der Waals surface area contributed by atoms with E-state index in [0.29, 0.717) is 4.47 Å². The minimum atomic E-state index is -3.86. The van der Waals surface area contributed by atoms with E-state index >= 15 is 0 Å². The molecule has 2 aromatic carbocycles. The van der Waals surface area contributed by atoms with Gasteiger partial charge < -0.3 is 4.74 Å². The Bertz CT molecular complexity index is 823. The van der Waals surface area contributed by atoms with Gasteiger partial charge in [-0.05, 0) is 36.4 Å². The lowest BCUT2D eigenvalue weighted by atomic mass is 10.2. The predicted octanol–water partition coefficient (Wildman–Crippen LogP) is 3.69. The summed E-state index contributed by atoms with van der Waals surface area (Å²) in [6.45, 7) is 0. The molecule has 0 aliphatic rings. The molecular formula is C14H11BrClNO4S. The van der Waals surface area contributed by atoms with Gasteiger partial charge in [0.05, 0.1) is 17.7 Å². The summed E-state index contributed by atoms with van der Waals surface area (Å²) in [7, 11) is -2.61. The normalized spacial score (nSPS) is 11.0. The zero-order chi connectivity index (χ0) is 16.3. The van der Waals surface area contributed by atoms with Crippen LogP contribution >= 0.6 is 27.5 Å². The van der Waals surface area contributed by atoms with Crippen LogP contribution in [0.25, 0.3) is 0 Å². The van der Waals surface area contributed by atoms with Gasteiger partial charge in [0, 0.05) is 10.2 Å². The molecule has 0 aromatic heterocycles. The maximum absolute atomic E-state index is 12.4. The third-order valence-corrected chi connectivity index (χ3v) is 5.08. The number of carbonyl (C=O) groups is 1. The summed E-state index contributed by atoms with van der Waals surface area (Å²) in [6, 6.07) is 10.4. The molecule has 0 saturated carbocycles. The van der Waals surface area contributed by atoms with Crippen molar-refractivity contribution in [2.75, 3.05) is 11.8 Å². The Hall–Kier alpha value is -1.57. The van der Waals surface area contributed by atoms with Crippen molar-refractivity contribution in [1.82, 2.24) is 0 Å². The van der Waals surface area contributed by atoms with Crippen molar-refractivity contribution in [1.29, 1.82) is 0 Å². The highest BCUT2D eigenvalue weighted by molar-refractivity contribution is 9.10. The second kappa shape index (κ2) is 6.68. The fourth-order valence-corrected chi connectivity index (χ4v) is 3.82. The summed E-state index contributed by atoms with van der Waals surface area (Å²) < 4.78 is 32.4. The van der Waals surface area contributed by atoms with Gasteiger partial charge in [-0.25, -0.2) is 13.2 Å². The van der Waals surface area contributed by atoms with Crippen LogP contribution < -0.4 is 4.72 Å². The molecule has 0 aliphatic heterocycles. The predicted molar refractivity (Wildman–Crippen MR) is 87.7 cm³/mol. The molecule has 116 valence electrons. The molecule has 0 saturated heterocycles. The molecular weight excluding hydrogens is 394 g/mol. The van der Waals surface area contributed by atoms with E-state index in [1.54, 1.807) is 12.1 Å². The van der Waals surface area contributed by atoms with Crippen LogP contribution in [0.1, 0.15) is 10.4 Å². The van der Waals surface area contributed by atoms with Crippen LogP contribution in [0, 0.1) is 0 Å². The van der Waals surface area contributed by atoms with E-state index in [1.807, 2.05) is 0 Å². The number of nitrogens with one attached hydrogen (secondary N) is 1. The SMILES string of the molecule is COC(=O)c1cccc(NS(=O)(=O)c2ccc(Br)cc2Cl)c1. The molecule has 8 heteroatoms. The maximum atomic E-state index is 12.4. The van der Waals surface area contributed by atoms with E-state index in [1.165, 1.54) is 37.4 Å². The Morgan fingerprint density at radius 1 is 1.23 bits per heavy atom. The number of esters is 1. The molecule has 0 spiro atoms. The van der Waals surface area contributed by atoms with Crippen molar-refractivity contribution in [3.63, 3.8) is 0 Å². The summed E-state index contributed by atoms with van der Waals surface area (Å²) in [5.41, 5.74) is 0.478. The van der Waals surface area contributed by atoms with E-state index in [4.69, 9.17) is 11.6 Å². The number of carbonyl (C=O) groups excluding carboxylic acids is 1. The quantitative estimate of drug-likeness (QED) is 0.789. The van der Waals surface area contributed by atoms with Gasteiger partial charge in [0.15, 0.2) is 0 Å². The lowest BCUT2D eigenvalue weighted by Crippen LogP contribution is -2.14. The molecule has 0 aliphatic carbocycles. The zero-order valence-corrected chi connectivity index (χ0v) is 14.5. The minimum absolute atomic E-state index is 0.0548. The lowest BCUT2D eigenvalue weighted by molar-refractivity contribution is 0.0601. The molecule has 0 fully saturated rings. The lowest BCUT2D eigenvalue weighted by Gasteiger charge is -2.10. The van der Waals surface area contributed by atoms with Gasteiger partial charge in [-0.1, -0.05) is 33.6 Å². The smallest absolute Gasteiger partial charge is 0.337 e. The summed E-state index contributed by atoms with van der Waals surface area (Å²) in [6.07, 6.45) is 0. The van der Waals surface area contributed by atoms with Crippen LogP contribution in [0.15, 0.2) is 51.8 Å². The topological polar surface area (TPSA) is 72.5 Å². The third kappa shape index (κ3) is 3.79. The summed E-state index contributed by atoms with van der Waals surface area (Å²) in [5, 5.41) is 0.0889. The first-order valence-corrected chi connectivity index (χ1v) is 8.65. The monoisotopic (exact) mass is 403 g/mol. The van der Waals surface area contributed by atoms with Gasteiger partial charge >= 0.3 is 5.97 Å². The maximum Gasteiger partial charge on any atom is 0.337 e. The van der Waals surface area contributed by atoms with Crippen molar-refractivity contribution < 1.29 is 17.9 Å². The van der Waals surface area contributed by atoms with Crippen LogP contribution in [0.3, 0.4) is 0 Å². The average molecular weight is 405 g/mol. The van der Waals surface area contributed by atoms with E-state index in [-0.39, 0.29) is 21.2 Å². The van der Waals surface area contributed by atoms with Gasteiger partial charge in [0.1, 0.15) is 4.90 Å². The van der Waals surface area contributed by atoms with Crippen molar-refractivity contribution in [2.45, 2.75) is 4.90 Å². The second-order valence-corrected chi connectivity index (χ2v) is 7.23. The van der Waals surface area contributed by atoms with Gasteiger partial charge in [-0.15, -0.1) is 0 Å². The number of halogens is 2. The molecule has 0 atom stereocenters. The molecule has 0 bridgehead atoms. The number of benzene rings is 2. The van der Waals surface area contributed by atoms with Gasteiger partial charge in [0.25, 0.3) is 10.0 Å². The number of ether oxygens (including phenoxy) is 1. The Labute approximate surface area is 141 Å². The molecule has 0 unspecified atom stereocenters. The molecule has 0 radical (unpaired) electrons.